The van der Waals surface area contributed by atoms with E-state index in [2.05, 4.69) is 30.7 Å². The maximum absolute atomic E-state index is 12.5. The van der Waals surface area contributed by atoms with Crippen LogP contribution >= 0.6 is 28.3 Å². The van der Waals surface area contributed by atoms with Crippen molar-refractivity contribution in [3.63, 3.8) is 0 Å². The van der Waals surface area contributed by atoms with Gasteiger partial charge in [-0.1, -0.05) is 0 Å². The van der Waals surface area contributed by atoms with Crippen LogP contribution in [-0.4, -0.2) is 27.2 Å². The van der Waals surface area contributed by atoms with Crippen molar-refractivity contribution in [2.75, 3.05) is 7.11 Å². The Morgan fingerprint density at radius 1 is 1.69 bits per heavy atom. The molecule has 0 aliphatic heterocycles. The number of aromatic nitrogens is 3. The van der Waals surface area contributed by atoms with Crippen molar-refractivity contribution in [3.05, 3.63) is 22.4 Å². The Hall–Kier alpha value is -1.15. The van der Waals surface area contributed by atoms with Crippen LogP contribution in [0.3, 0.4) is 0 Å². The second-order valence-corrected chi connectivity index (χ2v) is 4.05. The average molecular weight is 306 g/mol. The highest BCUT2D eigenvalue weighted by Gasteiger charge is 2.14. The Kier molecular flexibility index (Phi) is 3.10. The molecule has 0 amide bonds. The summed E-state index contributed by atoms with van der Waals surface area (Å²) in [5.41, 5.74) is 0.631. The number of rotatable bonds is 2. The van der Waals surface area contributed by atoms with Gasteiger partial charge in [0.05, 0.1) is 18.1 Å². The Bertz CT molecular complexity index is 559. The summed E-state index contributed by atoms with van der Waals surface area (Å²) < 4.78 is 18.5. The molecule has 0 radical (unpaired) electrons. The number of pyridine rings is 1. The zero-order valence-electron chi connectivity index (χ0n) is 7.98. The van der Waals surface area contributed by atoms with E-state index < -0.39 is 5.97 Å². The molecule has 2 rings (SSSR count). The molecule has 0 fully saturated rings. The molecule has 2 heterocycles. The topological polar surface area (TPSA) is 57.0 Å². The number of hydrogen-bond donors (Lipinski definition) is 0. The number of halogens is 2. The standard InChI is InChI=1S/C8H5BrFN3O2S/c1-15-8(14)4-2-5-6(9)12-13(16-10)7(5)11-3-4/h2-3H,1H3. The van der Waals surface area contributed by atoms with Crippen LogP contribution < -0.4 is 0 Å². The Labute approximate surface area is 103 Å². The summed E-state index contributed by atoms with van der Waals surface area (Å²) in [5, 5.41) is 4.39. The monoisotopic (exact) mass is 305 g/mol. The van der Waals surface area contributed by atoms with Gasteiger partial charge in [0, 0.05) is 6.20 Å². The van der Waals surface area contributed by atoms with Crippen molar-refractivity contribution in [3.8, 4) is 0 Å². The maximum Gasteiger partial charge on any atom is 0.339 e. The highest BCUT2D eigenvalue weighted by molar-refractivity contribution is 9.10. The SMILES string of the molecule is COC(=O)c1cnc2c(c1)c(Br)nn2SF. The van der Waals surface area contributed by atoms with Crippen molar-refractivity contribution >= 4 is 45.3 Å². The fraction of sp³-hybridized carbons (Fsp3) is 0.125. The third-order valence-electron chi connectivity index (χ3n) is 1.94. The minimum Gasteiger partial charge on any atom is -0.465 e. The van der Waals surface area contributed by atoms with Gasteiger partial charge in [-0.15, -0.1) is 8.98 Å². The lowest BCUT2D eigenvalue weighted by Crippen LogP contribution is -2.01. The summed E-state index contributed by atoms with van der Waals surface area (Å²) in [7, 11) is 1.28. The van der Waals surface area contributed by atoms with Gasteiger partial charge in [-0.3, -0.25) is 0 Å². The van der Waals surface area contributed by atoms with Crippen LogP contribution in [0.4, 0.5) is 3.89 Å². The van der Waals surface area contributed by atoms with Gasteiger partial charge in [-0.2, -0.15) is 4.09 Å². The molecule has 0 saturated heterocycles. The zero-order chi connectivity index (χ0) is 11.7. The second-order valence-electron chi connectivity index (χ2n) is 2.82. The molecular weight excluding hydrogens is 301 g/mol. The van der Waals surface area contributed by atoms with Gasteiger partial charge >= 0.3 is 5.97 Å². The van der Waals surface area contributed by atoms with Gasteiger partial charge in [0.25, 0.3) is 0 Å². The highest BCUT2D eigenvalue weighted by Crippen LogP contribution is 2.25. The van der Waals surface area contributed by atoms with Crippen LogP contribution in [0.5, 0.6) is 0 Å². The van der Waals surface area contributed by atoms with Crippen molar-refractivity contribution < 1.29 is 13.4 Å². The van der Waals surface area contributed by atoms with Gasteiger partial charge in [0.1, 0.15) is 4.60 Å². The highest BCUT2D eigenvalue weighted by atomic mass is 79.9. The summed E-state index contributed by atoms with van der Waals surface area (Å²) in [6.45, 7) is 0. The summed E-state index contributed by atoms with van der Waals surface area (Å²) in [4.78, 5) is 15.2. The first-order valence-electron chi connectivity index (χ1n) is 4.09. The maximum atomic E-state index is 12.5. The molecule has 0 aliphatic rings. The predicted octanol–water partition coefficient (Wildman–Crippen LogP) is 2.36. The van der Waals surface area contributed by atoms with Crippen LogP contribution in [0.2, 0.25) is 0 Å². The summed E-state index contributed by atoms with van der Waals surface area (Å²) >= 11 is 3.10. The van der Waals surface area contributed by atoms with Crippen LogP contribution in [0, 0.1) is 0 Å². The number of ether oxygens (including phenoxy) is 1. The summed E-state index contributed by atoms with van der Waals surface area (Å²) in [6.07, 6.45) is 1.31. The summed E-state index contributed by atoms with van der Waals surface area (Å²) in [5.74, 6) is -0.498. The van der Waals surface area contributed by atoms with E-state index >= 15 is 0 Å². The first kappa shape index (κ1) is 11.3. The lowest BCUT2D eigenvalue weighted by molar-refractivity contribution is 0.0600. The van der Waals surface area contributed by atoms with E-state index in [1.54, 1.807) is 0 Å². The predicted molar refractivity (Wildman–Crippen MR) is 60.7 cm³/mol. The number of hydrogen-bond acceptors (Lipinski definition) is 5. The number of fused-ring (bicyclic) bond motifs is 1. The Balaban J connectivity index is 2.62. The molecule has 0 spiro atoms. The van der Waals surface area contributed by atoms with E-state index in [-0.39, 0.29) is 12.3 Å². The van der Waals surface area contributed by atoms with Gasteiger partial charge < -0.3 is 4.74 Å². The van der Waals surface area contributed by atoms with Crippen LogP contribution in [-0.2, 0) is 4.74 Å². The molecule has 0 bridgehead atoms. The van der Waals surface area contributed by atoms with Crippen LogP contribution in [0.25, 0.3) is 11.0 Å². The smallest absolute Gasteiger partial charge is 0.339 e. The second kappa shape index (κ2) is 4.38. The van der Waals surface area contributed by atoms with Crippen molar-refractivity contribution in [2.45, 2.75) is 0 Å². The molecule has 2 aromatic rings. The minimum absolute atomic E-state index is 0.0640. The quantitative estimate of drug-likeness (QED) is 0.797. The van der Waals surface area contributed by atoms with Crippen LogP contribution in [0.15, 0.2) is 16.9 Å². The molecule has 5 nitrogen and oxygen atoms in total. The van der Waals surface area contributed by atoms with Crippen molar-refractivity contribution in [2.24, 2.45) is 0 Å². The van der Waals surface area contributed by atoms with Crippen LogP contribution in [0.1, 0.15) is 10.4 Å². The van der Waals surface area contributed by atoms with Gasteiger partial charge in [-0.05, 0) is 22.0 Å². The van der Waals surface area contributed by atoms with Crippen molar-refractivity contribution in [1.29, 1.82) is 0 Å². The molecular formula is C8H5BrFN3O2S. The number of esters is 1. The zero-order valence-corrected chi connectivity index (χ0v) is 10.4. The third-order valence-corrected chi connectivity index (χ3v) is 2.91. The molecule has 0 atom stereocenters. The largest absolute Gasteiger partial charge is 0.465 e. The van der Waals surface area contributed by atoms with Crippen molar-refractivity contribution in [1.82, 2.24) is 14.2 Å². The lowest BCUT2D eigenvalue weighted by atomic mass is 10.2. The number of carbonyl (C=O) groups excluding carboxylic acids is 1. The van der Waals surface area contributed by atoms with Gasteiger partial charge in [0.15, 0.2) is 18.0 Å². The first-order chi connectivity index (χ1) is 7.67. The molecule has 0 aromatic carbocycles. The molecule has 2 aromatic heterocycles. The van der Waals surface area contributed by atoms with E-state index in [0.717, 1.165) is 4.09 Å². The lowest BCUT2D eigenvalue weighted by Gasteiger charge is -1.98. The van der Waals surface area contributed by atoms with E-state index in [4.69, 9.17) is 0 Å². The minimum atomic E-state index is -0.498. The summed E-state index contributed by atoms with van der Waals surface area (Å²) in [6, 6.07) is 1.54. The number of carbonyl (C=O) groups is 1. The fourth-order valence-electron chi connectivity index (χ4n) is 1.22. The number of nitrogens with zero attached hydrogens (tertiary/aromatic N) is 3. The third kappa shape index (κ3) is 1.78. The normalized spacial score (nSPS) is 10.7. The van der Waals surface area contributed by atoms with Gasteiger partial charge in [-0.25, -0.2) is 9.78 Å². The molecule has 0 aliphatic carbocycles. The molecule has 8 heteroatoms. The number of methoxy groups -OCH3 is 1. The molecule has 84 valence electrons. The van der Waals surface area contributed by atoms with E-state index in [0.29, 0.717) is 21.2 Å². The molecule has 0 N–H and O–H groups in total. The van der Waals surface area contributed by atoms with E-state index in [1.165, 1.54) is 19.4 Å². The Morgan fingerprint density at radius 2 is 2.44 bits per heavy atom. The fourth-order valence-corrected chi connectivity index (χ4v) is 2.10. The van der Waals surface area contributed by atoms with Gasteiger partial charge in [0.2, 0.25) is 0 Å². The van der Waals surface area contributed by atoms with E-state index in [1.807, 2.05) is 0 Å². The molecule has 0 unspecified atom stereocenters. The van der Waals surface area contributed by atoms with E-state index in [9.17, 15) is 8.68 Å². The average Bonchev–Trinajstić information content (AvgIpc) is 2.64. The Morgan fingerprint density at radius 3 is 3.06 bits per heavy atom. The first-order valence-corrected chi connectivity index (χ1v) is 5.55. The molecule has 16 heavy (non-hydrogen) atoms. The molecule has 0 saturated carbocycles.